The van der Waals surface area contributed by atoms with Crippen molar-refractivity contribution in [3.63, 3.8) is 0 Å². The third-order valence-corrected chi connectivity index (χ3v) is 3.13. The molecule has 1 aliphatic rings. The molecular weight excluding hydrogens is 218 g/mol. The number of fused-ring (bicyclic) bond motifs is 3. The molecule has 1 aliphatic carbocycles. The molecule has 0 amide bonds. The van der Waals surface area contributed by atoms with Crippen LogP contribution in [0.15, 0.2) is 36.4 Å². The largest absolute Gasteiger partial charge is 0.502 e. The van der Waals surface area contributed by atoms with Gasteiger partial charge in [-0.25, -0.2) is 0 Å². The summed E-state index contributed by atoms with van der Waals surface area (Å²) in [5.74, 6) is -0.205. The summed E-state index contributed by atoms with van der Waals surface area (Å²) in [6.45, 7) is 0. The molecule has 0 saturated heterocycles. The third-order valence-electron chi connectivity index (χ3n) is 3.13. The highest BCUT2D eigenvalue weighted by Crippen LogP contribution is 2.44. The fraction of sp³-hybridized carbons (Fsp3) is 0.0769. The molecule has 1 N–H and O–H groups in total. The van der Waals surface area contributed by atoms with Crippen LogP contribution < -0.4 is 0 Å². The molecular formula is C13H9NO3. The maximum absolute atomic E-state index is 10.7. The minimum absolute atomic E-state index is 0.205. The van der Waals surface area contributed by atoms with Crippen molar-refractivity contribution < 1.29 is 10.0 Å². The first-order valence-corrected chi connectivity index (χ1v) is 5.26. The molecule has 0 fully saturated rings. The van der Waals surface area contributed by atoms with E-state index in [1.807, 2.05) is 24.3 Å². The van der Waals surface area contributed by atoms with Crippen LogP contribution in [0.5, 0.6) is 5.75 Å². The van der Waals surface area contributed by atoms with Gasteiger partial charge in [-0.1, -0.05) is 24.3 Å². The lowest BCUT2D eigenvalue weighted by molar-refractivity contribution is -0.385. The Bertz CT molecular complexity index is 635. The molecule has 84 valence electrons. The van der Waals surface area contributed by atoms with Crippen LogP contribution in [0.3, 0.4) is 0 Å². The number of aromatic hydroxyl groups is 1. The van der Waals surface area contributed by atoms with Gasteiger partial charge in [0.1, 0.15) is 0 Å². The highest BCUT2D eigenvalue weighted by Gasteiger charge is 2.26. The fourth-order valence-electron chi connectivity index (χ4n) is 2.33. The summed E-state index contributed by atoms with van der Waals surface area (Å²) >= 11 is 0. The minimum Gasteiger partial charge on any atom is -0.502 e. The molecule has 17 heavy (non-hydrogen) atoms. The van der Waals surface area contributed by atoms with Crippen molar-refractivity contribution >= 4 is 5.69 Å². The second-order valence-corrected chi connectivity index (χ2v) is 4.05. The minimum atomic E-state index is -0.557. The molecule has 0 atom stereocenters. The predicted octanol–water partition coefficient (Wildman–Crippen LogP) is 2.87. The molecule has 0 radical (unpaired) electrons. The first-order valence-electron chi connectivity index (χ1n) is 5.26. The van der Waals surface area contributed by atoms with Gasteiger partial charge >= 0.3 is 5.69 Å². The second-order valence-electron chi connectivity index (χ2n) is 4.05. The molecule has 2 aromatic rings. The highest BCUT2D eigenvalue weighted by molar-refractivity contribution is 5.81. The van der Waals surface area contributed by atoms with Gasteiger partial charge in [-0.2, -0.15) is 0 Å². The van der Waals surface area contributed by atoms with Crippen LogP contribution >= 0.6 is 0 Å². The summed E-state index contributed by atoms with van der Waals surface area (Å²) in [6.07, 6.45) is 0.555. The van der Waals surface area contributed by atoms with Crippen molar-refractivity contribution in [1.82, 2.24) is 0 Å². The van der Waals surface area contributed by atoms with Gasteiger partial charge in [-0.15, -0.1) is 0 Å². The third kappa shape index (κ3) is 1.30. The van der Waals surface area contributed by atoms with E-state index in [4.69, 9.17) is 0 Å². The molecule has 3 rings (SSSR count). The lowest BCUT2D eigenvalue weighted by Crippen LogP contribution is -1.91. The number of hydrogen-bond acceptors (Lipinski definition) is 3. The standard InChI is InChI=1S/C13H9NO3/c15-13-11-7-8-3-1-2-4-9(8)10(11)5-6-12(13)14(16)17/h1-6,15H,7H2. The number of nitro groups is 1. The SMILES string of the molecule is O=[N+]([O-])c1ccc2c(c1O)Cc1ccccc1-2. The van der Waals surface area contributed by atoms with E-state index in [9.17, 15) is 15.2 Å². The van der Waals surface area contributed by atoms with Gasteiger partial charge in [-0.3, -0.25) is 10.1 Å². The van der Waals surface area contributed by atoms with Gasteiger partial charge in [0.2, 0.25) is 0 Å². The van der Waals surface area contributed by atoms with Gasteiger partial charge in [0.05, 0.1) is 4.92 Å². The maximum Gasteiger partial charge on any atom is 0.311 e. The van der Waals surface area contributed by atoms with Crippen LogP contribution in [0, 0.1) is 10.1 Å². The Morgan fingerprint density at radius 1 is 1.12 bits per heavy atom. The van der Waals surface area contributed by atoms with E-state index in [1.54, 1.807) is 6.07 Å². The quantitative estimate of drug-likeness (QED) is 0.513. The van der Waals surface area contributed by atoms with Crippen molar-refractivity contribution in [2.45, 2.75) is 6.42 Å². The van der Waals surface area contributed by atoms with E-state index < -0.39 is 4.92 Å². The topological polar surface area (TPSA) is 63.4 Å². The Hall–Kier alpha value is -2.36. The van der Waals surface area contributed by atoms with Crippen LogP contribution in [0.1, 0.15) is 11.1 Å². The van der Waals surface area contributed by atoms with Crippen molar-refractivity contribution in [2.24, 2.45) is 0 Å². The van der Waals surface area contributed by atoms with E-state index in [0.29, 0.717) is 12.0 Å². The smallest absolute Gasteiger partial charge is 0.311 e. The number of nitro benzene ring substituents is 1. The van der Waals surface area contributed by atoms with E-state index in [0.717, 1.165) is 16.7 Å². The molecule has 0 aromatic heterocycles. The average molecular weight is 227 g/mol. The van der Waals surface area contributed by atoms with Crippen molar-refractivity contribution in [3.8, 4) is 16.9 Å². The average Bonchev–Trinajstić information content (AvgIpc) is 2.69. The van der Waals surface area contributed by atoms with E-state index >= 15 is 0 Å². The number of nitrogens with zero attached hydrogens (tertiary/aromatic N) is 1. The zero-order chi connectivity index (χ0) is 12.0. The van der Waals surface area contributed by atoms with Crippen LogP contribution in [0.4, 0.5) is 5.69 Å². The Morgan fingerprint density at radius 3 is 2.65 bits per heavy atom. The maximum atomic E-state index is 10.7. The predicted molar refractivity (Wildman–Crippen MR) is 63.0 cm³/mol. The van der Waals surface area contributed by atoms with Gasteiger partial charge < -0.3 is 5.11 Å². The van der Waals surface area contributed by atoms with E-state index in [1.165, 1.54) is 6.07 Å². The Labute approximate surface area is 97.3 Å². The Kier molecular flexibility index (Phi) is 1.92. The molecule has 2 aromatic carbocycles. The first-order chi connectivity index (χ1) is 8.18. The van der Waals surface area contributed by atoms with Crippen molar-refractivity contribution in [3.05, 3.63) is 57.6 Å². The summed E-state index contributed by atoms with van der Waals surface area (Å²) in [6, 6.07) is 10.9. The van der Waals surface area contributed by atoms with E-state index in [2.05, 4.69) is 0 Å². The fourth-order valence-corrected chi connectivity index (χ4v) is 2.33. The van der Waals surface area contributed by atoms with E-state index in [-0.39, 0.29) is 11.4 Å². The Morgan fingerprint density at radius 2 is 1.88 bits per heavy atom. The number of rotatable bonds is 1. The molecule has 0 unspecified atom stereocenters. The van der Waals surface area contributed by atoms with Crippen molar-refractivity contribution in [1.29, 1.82) is 0 Å². The van der Waals surface area contributed by atoms with Gasteiger partial charge in [0.25, 0.3) is 0 Å². The molecule has 4 heteroatoms. The lowest BCUT2D eigenvalue weighted by Gasteiger charge is -2.03. The van der Waals surface area contributed by atoms with Crippen molar-refractivity contribution in [2.75, 3.05) is 0 Å². The molecule has 4 nitrogen and oxygen atoms in total. The Balaban J connectivity index is 2.25. The number of hydrogen-bond donors (Lipinski definition) is 1. The van der Waals surface area contributed by atoms with Gasteiger partial charge in [0.15, 0.2) is 5.75 Å². The lowest BCUT2D eigenvalue weighted by atomic mass is 10.0. The second kappa shape index (κ2) is 3.31. The summed E-state index contributed by atoms with van der Waals surface area (Å²) < 4.78 is 0. The zero-order valence-electron chi connectivity index (χ0n) is 8.88. The monoisotopic (exact) mass is 227 g/mol. The van der Waals surface area contributed by atoms with Crippen LogP contribution in [0.2, 0.25) is 0 Å². The molecule has 0 bridgehead atoms. The highest BCUT2D eigenvalue weighted by atomic mass is 16.6. The summed E-state index contributed by atoms with van der Waals surface area (Å²) in [5, 5.41) is 20.7. The number of phenolic OH excluding ortho intramolecular Hbond substituents is 1. The molecule has 0 heterocycles. The summed E-state index contributed by atoms with van der Waals surface area (Å²) in [5.41, 5.74) is 3.46. The van der Waals surface area contributed by atoms with Crippen LogP contribution in [-0.4, -0.2) is 10.0 Å². The zero-order valence-corrected chi connectivity index (χ0v) is 8.88. The van der Waals surface area contributed by atoms with Gasteiger partial charge in [-0.05, 0) is 22.8 Å². The van der Waals surface area contributed by atoms with Crippen LogP contribution in [0.25, 0.3) is 11.1 Å². The first kappa shape index (κ1) is 9.84. The molecule has 0 spiro atoms. The summed E-state index contributed by atoms with van der Waals surface area (Å²) in [4.78, 5) is 10.2. The number of benzene rings is 2. The number of phenols is 1. The molecule has 0 saturated carbocycles. The van der Waals surface area contributed by atoms with Crippen LogP contribution in [-0.2, 0) is 6.42 Å². The summed E-state index contributed by atoms with van der Waals surface area (Å²) in [7, 11) is 0. The normalized spacial score (nSPS) is 12.0. The van der Waals surface area contributed by atoms with Gasteiger partial charge in [0, 0.05) is 18.1 Å². The molecule has 0 aliphatic heterocycles.